The lowest BCUT2D eigenvalue weighted by atomic mass is 9.93. The minimum Gasteiger partial charge on any atom is -0.453 e. The molecule has 3 aromatic carbocycles. The van der Waals surface area contributed by atoms with Gasteiger partial charge in [-0.25, -0.2) is 28.3 Å². The number of ether oxygens (including phenoxy) is 2. The molecule has 4 amide bonds. The lowest BCUT2D eigenvalue weighted by Gasteiger charge is -2.33. The van der Waals surface area contributed by atoms with Gasteiger partial charge >= 0.3 is 12.2 Å². The zero-order chi connectivity index (χ0) is 44.0. The third kappa shape index (κ3) is 9.22. The van der Waals surface area contributed by atoms with Crippen LogP contribution in [0.25, 0.3) is 11.3 Å². The molecule has 0 spiro atoms. The molecule has 17 heteroatoms. The lowest BCUT2D eigenvalue weighted by molar-refractivity contribution is -0.135. The highest BCUT2D eigenvalue weighted by Crippen LogP contribution is 2.38. The number of amides is 4. The van der Waals surface area contributed by atoms with Gasteiger partial charge in [0.25, 0.3) is 11.8 Å². The molecule has 0 bridgehead atoms. The summed E-state index contributed by atoms with van der Waals surface area (Å²) in [5, 5.41) is 5.39. The van der Waals surface area contributed by atoms with Crippen molar-refractivity contribution >= 4 is 29.7 Å². The van der Waals surface area contributed by atoms with Crippen LogP contribution in [0.1, 0.15) is 104 Å². The third-order valence-corrected chi connectivity index (χ3v) is 12.2. The van der Waals surface area contributed by atoms with Gasteiger partial charge in [-0.2, -0.15) is 0 Å². The molecular formula is C46H51F2N9O6. The predicted molar refractivity (Wildman–Crippen MR) is 228 cm³/mol. The number of benzene rings is 3. The molecule has 2 aromatic heterocycles. The maximum Gasteiger partial charge on any atom is 0.408 e. The Balaban J connectivity index is 0.911. The maximum absolute atomic E-state index is 15.9. The Kier molecular flexibility index (Phi) is 13.0. The second-order valence-corrected chi connectivity index (χ2v) is 16.0. The fraction of sp³-hybridized carbons (Fsp3) is 0.391. The fourth-order valence-corrected chi connectivity index (χ4v) is 9.11. The van der Waals surface area contributed by atoms with Crippen molar-refractivity contribution in [3.63, 3.8) is 0 Å². The normalized spacial score (nSPS) is 18.8. The molecule has 0 unspecified atom stereocenters. The Morgan fingerprint density at radius 3 is 1.79 bits per heavy atom. The zero-order valence-electron chi connectivity index (χ0n) is 35.2. The van der Waals surface area contributed by atoms with Gasteiger partial charge in [0.2, 0.25) is 0 Å². The maximum atomic E-state index is 15.9. The molecule has 3 fully saturated rings. The highest BCUT2D eigenvalue weighted by Gasteiger charge is 2.39. The quantitative estimate of drug-likeness (QED) is 0.0997. The number of imidazole rings is 2. The number of carbonyl (C=O) groups is 4. The van der Waals surface area contributed by atoms with Gasteiger partial charge in [0.05, 0.1) is 37.7 Å². The summed E-state index contributed by atoms with van der Waals surface area (Å²) in [6.45, 7) is 3.65. The average Bonchev–Trinajstić information content (AvgIpc) is 4.15. The molecule has 330 valence electrons. The van der Waals surface area contributed by atoms with Crippen LogP contribution in [0.3, 0.4) is 0 Å². The number of hydrogen-bond acceptors (Lipinski definition) is 9. The Labute approximate surface area is 363 Å². The van der Waals surface area contributed by atoms with Crippen LogP contribution in [0.15, 0.2) is 85.2 Å². The average molecular weight is 864 g/mol. The smallest absolute Gasteiger partial charge is 0.408 e. The van der Waals surface area contributed by atoms with Crippen molar-refractivity contribution < 1.29 is 37.4 Å². The van der Waals surface area contributed by atoms with Crippen LogP contribution in [-0.4, -0.2) is 93.6 Å². The monoisotopic (exact) mass is 863 g/mol. The fourth-order valence-electron chi connectivity index (χ4n) is 9.11. The highest BCUT2D eigenvalue weighted by atomic mass is 19.1. The number of H-pyrrole nitrogens is 2. The first-order valence-electron chi connectivity index (χ1n) is 21.5. The van der Waals surface area contributed by atoms with E-state index in [1.807, 2.05) is 24.3 Å². The van der Waals surface area contributed by atoms with E-state index in [9.17, 15) is 19.2 Å². The first kappa shape index (κ1) is 42.9. The molecule has 15 nitrogen and oxygen atoms in total. The number of aromatic nitrogens is 4. The van der Waals surface area contributed by atoms with Crippen LogP contribution in [0, 0.1) is 11.6 Å². The molecule has 8 rings (SSSR count). The number of likely N-dealkylation sites (tertiary alicyclic amines) is 2. The Morgan fingerprint density at radius 2 is 1.25 bits per heavy atom. The van der Waals surface area contributed by atoms with Gasteiger partial charge in [0, 0.05) is 49.6 Å². The van der Waals surface area contributed by atoms with Crippen LogP contribution in [0.5, 0.6) is 0 Å². The summed E-state index contributed by atoms with van der Waals surface area (Å²) >= 11 is 0. The van der Waals surface area contributed by atoms with Gasteiger partial charge in [0.15, 0.2) is 0 Å². The van der Waals surface area contributed by atoms with E-state index in [0.717, 1.165) is 12.1 Å². The predicted octanol–water partition coefficient (Wildman–Crippen LogP) is 7.37. The standard InChI is InChI=1S/C46H51F2N9O6/c1-3-63-46(61)54-39(30-14-8-5-9-15-30)44(59)57-21-10-16-36(57)41-49-26-34(51-41)28-18-22-55(23-19-28)40-32(47)24-31(25-33(40)48)35-27-50-42(52-35)37-17-11-20-56(37)43(58)38(53-45(60)62-2)29-12-6-4-7-13-29/h4-9,12-15,24-28,36-39H,3,10-11,16-23H2,1-2H3,(H,49,51)(H,50,52)(H,53,60)(H,54,61)/t36-,37-,38+,39+/m0/s1. The third-order valence-electron chi connectivity index (χ3n) is 12.2. The van der Waals surface area contributed by atoms with E-state index in [2.05, 4.69) is 25.6 Å². The Hall–Kier alpha value is -6.78. The van der Waals surface area contributed by atoms with Gasteiger partial charge in [0.1, 0.15) is 41.1 Å². The molecule has 0 saturated carbocycles. The zero-order valence-corrected chi connectivity index (χ0v) is 35.2. The van der Waals surface area contributed by atoms with Crippen LogP contribution in [0.2, 0.25) is 0 Å². The molecule has 63 heavy (non-hydrogen) atoms. The second-order valence-electron chi connectivity index (χ2n) is 16.0. The van der Waals surface area contributed by atoms with Crippen molar-refractivity contribution in [1.29, 1.82) is 0 Å². The summed E-state index contributed by atoms with van der Waals surface area (Å²) in [5.74, 6) is -0.764. The number of alkyl carbamates (subject to hydrolysis) is 2. The number of anilines is 1. The van der Waals surface area contributed by atoms with Crippen molar-refractivity contribution in [1.82, 2.24) is 40.4 Å². The van der Waals surface area contributed by atoms with Crippen molar-refractivity contribution in [3.05, 3.63) is 125 Å². The number of piperidine rings is 1. The molecule has 5 aromatic rings. The van der Waals surface area contributed by atoms with Crippen molar-refractivity contribution in [2.24, 2.45) is 0 Å². The number of nitrogens with one attached hydrogen (secondary N) is 4. The number of rotatable bonds is 12. The van der Waals surface area contributed by atoms with E-state index in [0.29, 0.717) is 86.8 Å². The molecule has 4 atom stereocenters. The molecule has 5 heterocycles. The van der Waals surface area contributed by atoms with Gasteiger partial charge in [-0.05, 0) is 68.7 Å². The van der Waals surface area contributed by atoms with Gasteiger partial charge in [-0.3, -0.25) is 9.59 Å². The Bertz CT molecular complexity index is 2380. The SMILES string of the molecule is CCOC(=O)N[C@@H](C(=O)N1CCC[C@H]1c1ncc(C2CCN(c3c(F)cc(-c4cnc([C@@H]5CCCN5C(=O)[C@H](NC(=O)OC)c5ccccc5)[nH]4)cc3F)CC2)[nH]1)c1ccccc1. The number of halogens is 2. The van der Waals surface area contributed by atoms with E-state index < -0.39 is 41.9 Å². The van der Waals surface area contributed by atoms with E-state index in [-0.39, 0.29) is 41.6 Å². The van der Waals surface area contributed by atoms with E-state index in [4.69, 9.17) is 14.5 Å². The molecule has 4 N–H and O–H groups in total. The lowest BCUT2D eigenvalue weighted by Crippen LogP contribution is -2.43. The van der Waals surface area contributed by atoms with Gasteiger partial charge in [-0.1, -0.05) is 60.7 Å². The second kappa shape index (κ2) is 19.1. The minimum absolute atomic E-state index is 0.0608. The minimum atomic E-state index is -0.978. The molecular weight excluding hydrogens is 813 g/mol. The summed E-state index contributed by atoms with van der Waals surface area (Å²) in [5.41, 5.74) is 2.75. The number of aromatic amines is 2. The molecule has 0 radical (unpaired) electrons. The van der Waals surface area contributed by atoms with Crippen molar-refractivity contribution in [2.45, 2.75) is 75.5 Å². The molecule has 0 aliphatic carbocycles. The number of nitrogens with zero attached hydrogens (tertiary/aromatic N) is 5. The van der Waals surface area contributed by atoms with E-state index in [1.165, 1.54) is 25.4 Å². The molecule has 3 aliphatic rings. The van der Waals surface area contributed by atoms with E-state index in [1.54, 1.807) is 64.2 Å². The number of methoxy groups -OCH3 is 1. The van der Waals surface area contributed by atoms with Crippen LogP contribution in [-0.2, 0) is 19.1 Å². The summed E-state index contributed by atoms with van der Waals surface area (Å²) in [6, 6.07) is 17.9. The van der Waals surface area contributed by atoms with Crippen LogP contribution < -0.4 is 15.5 Å². The molecule has 3 saturated heterocycles. The van der Waals surface area contributed by atoms with Crippen LogP contribution >= 0.6 is 0 Å². The summed E-state index contributed by atoms with van der Waals surface area (Å²) < 4.78 is 41.7. The van der Waals surface area contributed by atoms with Crippen molar-refractivity contribution in [2.75, 3.05) is 44.8 Å². The number of carbonyl (C=O) groups excluding carboxylic acids is 4. The number of hydrogen-bond donors (Lipinski definition) is 4. The summed E-state index contributed by atoms with van der Waals surface area (Å²) in [4.78, 5) is 73.6. The van der Waals surface area contributed by atoms with Crippen molar-refractivity contribution in [3.8, 4) is 11.3 Å². The summed E-state index contributed by atoms with van der Waals surface area (Å²) in [7, 11) is 1.24. The van der Waals surface area contributed by atoms with Gasteiger partial charge in [-0.15, -0.1) is 0 Å². The first-order valence-corrected chi connectivity index (χ1v) is 21.5. The largest absolute Gasteiger partial charge is 0.453 e. The van der Waals surface area contributed by atoms with Gasteiger partial charge < -0.3 is 44.8 Å². The Morgan fingerprint density at radius 1 is 0.730 bits per heavy atom. The van der Waals surface area contributed by atoms with Crippen LogP contribution in [0.4, 0.5) is 24.1 Å². The summed E-state index contributed by atoms with van der Waals surface area (Å²) in [6.07, 6.45) is 5.94. The topological polar surface area (TPSA) is 178 Å². The first-order chi connectivity index (χ1) is 30.6. The molecule has 3 aliphatic heterocycles. The van der Waals surface area contributed by atoms with E-state index >= 15 is 8.78 Å². The highest BCUT2D eigenvalue weighted by molar-refractivity contribution is 5.88.